The number of urea groups is 1. The maximum absolute atomic E-state index is 11.9. The summed E-state index contributed by atoms with van der Waals surface area (Å²) >= 11 is 7.65. The average molecular weight is 341 g/mol. The fraction of sp³-hybridized carbons (Fsp3) is 0.333. The lowest BCUT2D eigenvalue weighted by Crippen LogP contribution is -2.35. The second-order valence-corrected chi connectivity index (χ2v) is 6.16. The van der Waals surface area contributed by atoms with Crippen molar-refractivity contribution in [1.82, 2.24) is 5.32 Å². The van der Waals surface area contributed by atoms with Crippen molar-refractivity contribution in [3.05, 3.63) is 29.3 Å². The Balaban J connectivity index is 1.94. The highest BCUT2D eigenvalue weighted by Gasteiger charge is 2.16. The predicted molar refractivity (Wildman–Crippen MR) is 89.7 cm³/mol. The third kappa shape index (κ3) is 3.90. The molecule has 22 heavy (non-hydrogen) atoms. The molecule has 0 aliphatic heterocycles. The Morgan fingerprint density at radius 1 is 1.36 bits per heavy atom. The summed E-state index contributed by atoms with van der Waals surface area (Å²) in [4.78, 5) is 23.4. The first-order valence-electron chi connectivity index (χ1n) is 6.91. The van der Waals surface area contributed by atoms with Gasteiger partial charge in [-0.15, -0.1) is 11.3 Å². The van der Waals surface area contributed by atoms with Crippen LogP contribution in [-0.2, 0) is 9.53 Å². The van der Waals surface area contributed by atoms with Crippen LogP contribution in [0.2, 0.25) is 5.02 Å². The number of hydrogen-bond donors (Lipinski definition) is 2. The maximum Gasteiger partial charge on any atom is 0.319 e. The van der Waals surface area contributed by atoms with E-state index in [1.54, 1.807) is 13.8 Å². The van der Waals surface area contributed by atoms with E-state index in [4.69, 9.17) is 16.3 Å². The second-order valence-electron chi connectivity index (χ2n) is 4.73. The summed E-state index contributed by atoms with van der Waals surface area (Å²) in [6.45, 7) is 3.97. The molecule has 2 N–H and O–H groups in total. The number of esters is 1. The molecule has 0 fully saturated rings. The van der Waals surface area contributed by atoms with Gasteiger partial charge in [0.15, 0.2) is 0 Å². The van der Waals surface area contributed by atoms with Gasteiger partial charge in [-0.25, -0.2) is 4.79 Å². The molecule has 2 aromatic rings. The molecule has 1 heterocycles. The molecule has 0 radical (unpaired) electrons. The molecule has 5 nitrogen and oxygen atoms in total. The molecule has 0 aliphatic carbocycles. The minimum Gasteiger partial charge on any atom is -0.466 e. The highest BCUT2D eigenvalue weighted by Crippen LogP contribution is 2.39. The fourth-order valence-electron chi connectivity index (χ4n) is 1.86. The number of thiophene rings is 1. The van der Waals surface area contributed by atoms with Crippen molar-refractivity contribution in [1.29, 1.82) is 0 Å². The number of benzene rings is 1. The second kappa shape index (κ2) is 7.47. The summed E-state index contributed by atoms with van der Waals surface area (Å²) < 4.78 is 5.89. The Hall–Kier alpha value is -1.79. The third-order valence-corrected chi connectivity index (χ3v) is 4.61. The Kier molecular flexibility index (Phi) is 5.63. The van der Waals surface area contributed by atoms with Gasteiger partial charge in [0.25, 0.3) is 0 Å². The first kappa shape index (κ1) is 16.6. The number of carbonyl (C=O) groups excluding carboxylic acids is 2. The van der Waals surface area contributed by atoms with Crippen LogP contribution in [0.15, 0.2) is 24.3 Å². The van der Waals surface area contributed by atoms with Crippen LogP contribution in [0.4, 0.5) is 9.80 Å². The molecule has 1 unspecified atom stereocenters. The Morgan fingerprint density at radius 2 is 2.09 bits per heavy atom. The molecule has 0 aliphatic rings. The lowest BCUT2D eigenvalue weighted by atomic mass is 10.2. The first-order valence-corrected chi connectivity index (χ1v) is 8.11. The van der Waals surface area contributed by atoms with Crippen LogP contribution in [0, 0.1) is 5.92 Å². The van der Waals surface area contributed by atoms with Crippen LogP contribution in [0.5, 0.6) is 0 Å². The smallest absolute Gasteiger partial charge is 0.319 e. The van der Waals surface area contributed by atoms with E-state index in [2.05, 4.69) is 10.6 Å². The third-order valence-electron chi connectivity index (χ3n) is 3.02. The van der Waals surface area contributed by atoms with Crippen LogP contribution in [0.25, 0.3) is 10.1 Å². The summed E-state index contributed by atoms with van der Waals surface area (Å²) in [5.41, 5.74) is 0. The van der Waals surface area contributed by atoms with Crippen molar-refractivity contribution in [3.63, 3.8) is 0 Å². The van der Waals surface area contributed by atoms with Gasteiger partial charge < -0.3 is 10.1 Å². The van der Waals surface area contributed by atoms with Gasteiger partial charge in [0.1, 0.15) is 5.00 Å². The van der Waals surface area contributed by atoms with Crippen molar-refractivity contribution in [2.45, 2.75) is 13.8 Å². The molecule has 0 saturated carbocycles. The normalized spacial score (nSPS) is 12.0. The maximum atomic E-state index is 11.9. The van der Waals surface area contributed by atoms with Crippen LogP contribution in [-0.4, -0.2) is 25.2 Å². The molecule has 118 valence electrons. The van der Waals surface area contributed by atoms with Gasteiger partial charge in [-0.3, -0.25) is 10.1 Å². The standard InChI is InChI=1S/C15H17ClN2O3S/c1-3-21-14(19)9(2)8-17-15(20)18-13-12(16)10-6-4-5-7-11(10)22-13/h4-7,9H,3,8H2,1-2H3,(H2,17,18,20). The topological polar surface area (TPSA) is 67.4 Å². The number of hydrogen-bond acceptors (Lipinski definition) is 4. The molecule has 7 heteroatoms. The molecular formula is C15H17ClN2O3S. The molecule has 0 saturated heterocycles. The van der Waals surface area contributed by atoms with Crippen molar-refractivity contribution in [2.24, 2.45) is 5.92 Å². The summed E-state index contributed by atoms with van der Waals surface area (Å²) in [7, 11) is 0. The summed E-state index contributed by atoms with van der Waals surface area (Å²) in [6.07, 6.45) is 0. The zero-order valence-electron chi connectivity index (χ0n) is 12.3. The lowest BCUT2D eigenvalue weighted by Gasteiger charge is -2.11. The van der Waals surface area contributed by atoms with Gasteiger partial charge in [0, 0.05) is 16.6 Å². The summed E-state index contributed by atoms with van der Waals surface area (Å²) in [6, 6.07) is 7.26. The zero-order chi connectivity index (χ0) is 16.1. The predicted octanol–water partition coefficient (Wildman–Crippen LogP) is 3.88. The quantitative estimate of drug-likeness (QED) is 0.812. The summed E-state index contributed by atoms with van der Waals surface area (Å²) in [5, 5.41) is 7.37. The SMILES string of the molecule is CCOC(=O)C(C)CNC(=O)Nc1sc2ccccc2c1Cl. The van der Waals surface area contributed by atoms with E-state index in [9.17, 15) is 9.59 Å². The van der Waals surface area contributed by atoms with Crippen LogP contribution in [0.3, 0.4) is 0 Å². The number of carbonyl (C=O) groups is 2. The minimum absolute atomic E-state index is 0.202. The highest BCUT2D eigenvalue weighted by molar-refractivity contribution is 7.23. The average Bonchev–Trinajstić information content (AvgIpc) is 2.82. The number of fused-ring (bicyclic) bond motifs is 1. The number of ether oxygens (including phenoxy) is 1. The molecule has 0 bridgehead atoms. The Morgan fingerprint density at radius 3 is 2.77 bits per heavy atom. The first-order chi connectivity index (χ1) is 10.5. The van der Waals surface area contributed by atoms with Crippen LogP contribution in [0.1, 0.15) is 13.8 Å². The summed E-state index contributed by atoms with van der Waals surface area (Å²) in [5.74, 6) is -0.730. The number of nitrogens with one attached hydrogen (secondary N) is 2. The molecule has 1 atom stereocenters. The van der Waals surface area contributed by atoms with Gasteiger partial charge in [-0.1, -0.05) is 36.7 Å². The van der Waals surface area contributed by atoms with E-state index in [0.29, 0.717) is 16.6 Å². The Labute approximate surface area is 137 Å². The minimum atomic E-state index is -0.399. The molecular weight excluding hydrogens is 324 g/mol. The molecule has 2 amide bonds. The Bertz CT molecular complexity index is 686. The van der Waals surface area contributed by atoms with E-state index in [1.807, 2.05) is 24.3 Å². The number of halogens is 1. The van der Waals surface area contributed by atoms with Gasteiger partial charge in [-0.05, 0) is 13.0 Å². The van der Waals surface area contributed by atoms with Crippen LogP contribution >= 0.6 is 22.9 Å². The van der Waals surface area contributed by atoms with Gasteiger partial charge >= 0.3 is 12.0 Å². The van der Waals surface area contributed by atoms with E-state index in [0.717, 1.165) is 10.1 Å². The van der Waals surface area contributed by atoms with Crippen molar-refractivity contribution in [2.75, 3.05) is 18.5 Å². The number of rotatable bonds is 5. The van der Waals surface area contributed by atoms with Crippen molar-refractivity contribution < 1.29 is 14.3 Å². The van der Waals surface area contributed by atoms with Gasteiger partial charge in [-0.2, -0.15) is 0 Å². The van der Waals surface area contributed by atoms with E-state index >= 15 is 0 Å². The highest BCUT2D eigenvalue weighted by atomic mass is 35.5. The van der Waals surface area contributed by atoms with E-state index < -0.39 is 11.9 Å². The molecule has 1 aromatic heterocycles. The molecule has 2 rings (SSSR count). The fourth-order valence-corrected chi connectivity index (χ4v) is 3.23. The number of anilines is 1. The largest absolute Gasteiger partial charge is 0.466 e. The van der Waals surface area contributed by atoms with Crippen molar-refractivity contribution >= 4 is 50.0 Å². The van der Waals surface area contributed by atoms with Crippen molar-refractivity contribution in [3.8, 4) is 0 Å². The monoisotopic (exact) mass is 340 g/mol. The van der Waals surface area contributed by atoms with Gasteiger partial charge in [0.05, 0.1) is 17.5 Å². The van der Waals surface area contributed by atoms with Gasteiger partial charge in [0.2, 0.25) is 0 Å². The number of amides is 2. The molecule has 1 aromatic carbocycles. The zero-order valence-corrected chi connectivity index (χ0v) is 13.9. The van der Waals surface area contributed by atoms with E-state index in [1.165, 1.54) is 11.3 Å². The lowest BCUT2D eigenvalue weighted by molar-refractivity contribution is -0.147. The molecule has 0 spiro atoms. The van der Waals surface area contributed by atoms with Crippen LogP contribution < -0.4 is 10.6 Å². The van der Waals surface area contributed by atoms with E-state index in [-0.39, 0.29) is 12.5 Å².